The Bertz CT molecular complexity index is 370. The van der Waals surface area contributed by atoms with Crippen LogP contribution in [0.3, 0.4) is 0 Å². The number of benzene rings is 1. The lowest BCUT2D eigenvalue weighted by Gasteiger charge is -2.29. The van der Waals surface area contributed by atoms with E-state index < -0.39 is 0 Å². The van der Waals surface area contributed by atoms with Crippen LogP contribution in [0.2, 0.25) is 0 Å². The number of aryl methyl sites for hydroxylation is 1. The van der Waals surface area contributed by atoms with E-state index in [4.69, 9.17) is 0 Å². The third-order valence-corrected chi connectivity index (χ3v) is 4.71. The van der Waals surface area contributed by atoms with E-state index in [1.165, 1.54) is 41.5 Å². The molecule has 0 radical (unpaired) electrons. The fourth-order valence-corrected chi connectivity index (χ4v) is 2.72. The fraction of sp³-hybridized carbons (Fsp3) is 0.571. The van der Waals surface area contributed by atoms with E-state index in [-0.39, 0.29) is 0 Å². The van der Waals surface area contributed by atoms with Gasteiger partial charge in [0, 0.05) is 17.1 Å². The van der Waals surface area contributed by atoms with Crippen LogP contribution in [0.15, 0.2) is 22.7 Å². The first-order chi connectivity index (χ1) is 8.16. The second-order valence-corrected chi connectivity index (χ2v) is 5.80. The molecule has 94 valence electrons. The monoisotopic (exact) mass is 296 g/mol. The smallest absolute Gasteiger partial charge is 0.0249 e. The summed E-state index contributed by atoms with van der Waals surface area (Å²) in [5.74, 6) is 0. The number of hydrogen-bond acceptors (Lipinski definition) is 2. The van der Waals surface area contributed by atoms with Gasteiger partial charge < -0.3 is 10.2 Å². The number of likely N-dealkylation sites (tertiary alicyclic amines) is 1. The Morgan fingerprint density at radius 3 is 2.76 bits per heavy atom. The Morgan fingerprint density at radius 1 is 1.35 bits per heavy atom. The SMILES string of the molecule is Cc1cccc(CNC2CCN(C)CC2)c1Br. The topological polar surface area (TPSA) is 15.3 Å². The van der Waals surface area contributed by atoms with Crippen molar-refractivity contribution >= 4 is 15.9 Å². The first kappa shape index (κ1) is 13.1. The Balaban J connectivity index is 1.87. The molecule has 1 N–H and O–H groups in total. The molecule has 0 atom stereocenters. The molecule has 0 unspecified atom stereocenters. The second-order valence-electron chi connectivity index (χ2n) is 5.01. The molecule has 2 rings (SSSR count). The highest BCUT2D eigenvalue weighted by Crippen LogP contribution is 2.21. The Labute approximate surface area is 113 Å². The summed E-state index contributed by atoms with van der Waals surface area (Å²) in [6.45, 7) is 5.54. The predicted octanol–water partition coefficient (Wildman–Crippen LogP) is 2.94. The van der Waals surface area contributed by atoms with E-state index in [9.17, 15) is 0 Å². The molecule has 0 aliphatic carbocycles. The molecule has 1 fully saturated rings. The number of halogens is 1. The zero-order chi connectivity index (χ0) is 12.3. The van der Waals surface area contributed by atoms with Crippen LogP contribution in [0.25, 0.3) is 0 Å². The van der Waals surface area contributed by atoms with Crippen LogP contribution in [0.4, 0.5) is 0 Å². The van der Waals surface area contributed by atoms with Gasteiger partial charge in [-0.1, -0.05) is 34.1 Å². The summed E-state index contributed by atoms with van der Waals surface area (Å²) in [4.78, 5) is 2.40. The van der Waals surface area contributed by atoms with Crippen molar-refractivity contribution in [2.24, 2.45) is 0 Å². The van der Waals surface area contributed by atoms with Crippen molar-refractivity contribution in [1.82, 2.24) is 10.2 Å². The molecule has 1 heterocycles. The number of nitrogens with one attached hydrogen (secondary N) is 1. The van der Waals surface area contributed by atoms with E-state index in [0.29, 0.717) is 6.04 Å². The predicted molar refractivity (Wildman–Crippen MR) is 76.2 cm³/mol. The standard InChI is InChI=1S/C14H21BrN2/c1-11-4-3-5-12(14(11)15)10-16-13-6-8-17(2)9-7-13/h3-5,13,16H,6-10H2,1-2H3. The van der Waals surface area contributed by atoms with Crippen molar-refractivity contribution in [3.8, 4) is 0 Å². The Kier molecular flexibility index (Phi) is 4.60. The maximum atomic E-state index is 3.67. The van der Waals surface area contributed by atoms with Gasteiger partial charge in [-0.15, -0.1) is 0 Å². The molecule has 2 nitrogen and oxygen atoms in total. The summed E-state index contributed by atoms with van der Waals surface area (Å²) < 4.78 is 1.25. The number of hydrogen-bond donors (Lipinski definition) is 1. The van der Waals surface area contributed by atoms with Gasteiger partial charge in [-0.3, -0.25) is 0 Å². The molecule has 1 aliphatic rings. The van der Waals surface area contributed by atoms with Gasteiger partial charge in [0.15, 0.2) is 0 Å². The first-order valence-electron chi connectivity index (χ1n) is 6.32. The molecular formula is C14H21BrN2. The summed E-state index contributed by atoms with van der Waals surface area (Å²) in [7, 11) is 2.20. The maximum Gasteiger partial charge on any atom is 0.0249 e. The Hall–Kier alpha value is -0.380. The van der Waals surface area contributed by atoms with E-state index in [1.54, 1.807) is 0 Å². The van der Waals surface area contributed by atoms with Gasteiger partial charge in [-0.05, 0) is 51.0 Å². The minimum atomic E-state index is 0.679. The van der Waals surface area contributed by atoms with Crippen molar-refractivity contribution < 1.29 is 0 Å². The maximum absolute atomic E-state index is 3.67. The zero-order valence-corrected chi connectivity index (χ0v) is 12.3. The summed E-state index contributed by atoms with van der Waals surface area (Å²) >= 11 is 3.67. The third kappa shape index (κ3) is 3.54. The molecule has 0 bridgehead atoms. The quantitative estimate of drug-likeness (QED) is 0.923. The Morgan fingerprint density at radius 2 is 2.06 bits per heavy atom. The molecular weight excluding hydrogens is 276 g/mol. The van der Waals surface area contributed by atoms with Gasteiger partial charge >= 0.3 is 0 Å². The lowest BCUT2D eigenvalue weighted by Crippen LogP contribution is -2.40. The van der Waals surface area contributed by atoms with Crippen molar-refractivity contribution in [3.05, 3.63) is 33.8 Å². The van der Waals surface area contributed by atoms with Gasteiger partial charge in [0.2, 0.25) is 0 Å². The highest BCUT2D eigenvalue weighted by Gasteiger charge is 2.16. The molecule has 0 saturated carbocycles. The summed E-state index contributed by atoms with van der Waals surface area (Å²) in [6, 6.07) is 7.15. The second kappa shape index (κ2) is 5.98. The molecule has 3 heteroatoms. The number of piperidine rings is 1. The molecule has 1 aromatic carbocycles. The molecule has 0 aromatic heterocycles. The summed E-state index contributed by atoms with van der Waals surface area (Å²) in [6.07, 6.45) is 2.53. The van der Waals surface area contributed by atoms with E-state index in [2.05, 4.69) is 58.3 Å². The van der Waals surface area contributed by atoms with Crippen molar-refractivity contribution in [2.45, 2.75) is 32.4 Å². The molecule has 17 heavy (non-hydrogen) atoms. The molecule has 0 amide bonds. The van der Waals surface area contributed by atoms with Crippen LogP contribution in [0.5, 0.6) is 0 Å². The van der Waals surface area contributed by atoms with Crippen molar-refractivity contribution in [3.63, 3.8) is 0 Å². The number of rotatable bonds is 3. The lowest BCUT2D eigenvalue weighted by atomic mass is 10.0. The highest BCUT2D eigenvalue weighted by atomic mass is 79.9. The molecule has 1 aromatic rings. The van der Waals surface area contributed by atoms with Gasteiger partial charge in [0.25, 0.3) is 0 Å². The van der Waals surface area contributed by atoms with E-state index in [0.717, 1.165) is 6.54 Å². The summed E-state index contributed by atoms with van der Waals surface area (Å²) in [5.41, 5.74) is 2.68. The normalized spacial score (nSPS) is 18.5. The zero-order valence-electron chi connectivity index (χ0n) is 10.7. The highest BCUT2D eigenvalue weighted by molar-refractivity contribution is 9.10. The van der Waals surface area contributed by atoms with Crippen LogP contribution in [-0.2, 0) is 6.54 Å². The van der Waals surface area contributed by atoms with E-state index in [1.807, 2.05) is 0 Å². The fourth-order valence-electron chi connectivity index (χ4n) is 2.31. The van der Waals surface area contributed by atoms with Crippen LogP contribution in [0, 0.1) is 6.92 Å². The van der Waals surface area contributed by atoms with Crippen LogP contribution < -0.4 is 5.32 Å². The molecule has 1 aliphatic heterocycles. The summed E-state index contributed by atoms with van der Waals surface area (Å²) in [5, 5.41) is 3.67. The van der Waals surface area contributed by atoms with E-state index >= 15 is 0 Å². The molecule has 0 spiro atoms. The minimum absolute atomic E-state index is 0.679. The van der Waals surface area contributed by atoms with Crippen LogP contribution in [-0.4, -0.2) is 31.1 Å². The lowest BCUT2D eigenvalue weighted by molar-refractivity contribution is 0.234. The van der Waals surface area contributed by atoms with Crippen molar-refractivity contribution in [2.75, 3.05) is 20.1 Å². The third-order valence-electron chi connectivity index (χ3n) is 3.57. The van der Waals surface area contributed by atoms with Crippen molar-refractivity contribution in [1.29, 1.82) is 0 Å². The molecule has 1 saturated heterocycles. The number of nitrogens with zero attached hydrogens (tertiary/aromatic N) is 1. The van der Waals surface area contributed by atoms with Gasteiger partial charge in [-0.2, -0.15) is 0 Å². The average molecular weight is 297 g/mol. The first-order valence-corrected chi connectivity index (χ1v) is 7.12. The van der Waals surface area contributed by atoms with Crippen LogP contribution >= 0.6 is 15.9 Å². The van der Waals surface area contributed by atoms with Crippen LogP contribution in [0.1, 0.15) is 24.0 Å². The van der Waals surface area contributed by atoms with Gasteiger partial charge in [0.05, 0.1) is 0 Å². The van der Waals surface area contributed by atoms with Gasteiger partial charge in [-0.25, -0.2) is 0 Å². The largest absolute Gasteiger partial charge is 0.310 e. The average Bonchev–Trinajstić information content (AvgIpc) is 2.33. The minimum Gasteiger partial charge on any atom is -0.310 e. The van der Waals surface area contributed by atoms with Gasteiger partial charge in [0.1, 0.15) is 0 Å².